The first-order valence-corrected chi connectivity index (χ1v) is 12.7. The maximum atomic E-state index is 13.4. The van der Waals surface area contributed by atoms with Gasteiger partial charge in [-0.25, -0.2) is 9.78 Å². The zero-order valence-electron chi connectivity index (χ0n) is 21.8. The Morgan fingerprint density at radius 2 is 1.76 bits per heavy atom. The number of amidine groups is 1. The number of benzene rings is 3. The van der Waals surface area contributed by atoms with Crippen LogP contribution in [0.1, 0.15) is 32.0 Å². The second-order valence-electron chi connectivity index (χ2n) is 9.73. The Labute approximate surface area is 232 Å². The van der Waals surface area contributed by atoms with Crippen molar-refractivity contribution in [3.8, 4) is 16.9 Å². The van der Waals surface area contributed by atoms with Crippen molar-refractivity contribution in [3.63, 3.8) is 0 Å². The number of hydrogen-bond acceptors (Lipinski definition) is 6. The van der Waals surface area contributed by atoms with Crippen LogP contribution in [0, 0.1) is 0 Å². The third-order valence-electron chi connectivity index (χ3n) is 6.89. The predicted octanol–water partition coefficient (Wildman–Crippen LogP) is 5.01. The van der Waals surface area contributed by atoms with Crippen LogP contribution in [-0.2, 0) is 12.6 Å². The third kappa shape index (κ3) is 5.98. The highest BCUT2D eigenvalue weighted by molar-refractivity contribution is 6.07. The molecule has 3 aromatic carbocycles. The molecule has 0 saturated carbocycles. The summed E-state index contributed by atoms with van der Waals surface area (Å²) in [6.45, 7) is 1.25. The standard InChI is InChI=1S/C30H25F3N4O4/c1-37-12-11-34-27(37)25(13-17-5-8-21(38)9-6-17)36-28(39)26-16-23(29(40)41)22-15-19(7-10-24(22)35-26)18-3-2-4-20(14-18)30(31,32)33/h2-10,14-16,25,38H,11-13H2,1H3,(H,36,39)(H,40,41)/t25-/m0/s1. The van der Waals surface area contributed by atoms with Crippen molar-refractivity contribution >= 4 is 28.6 Å². The first-order chi connectivity index (χ1) is 19.5. The van der Waals surface area contributed by atoms with Gasteiger partial charge in [0.25, 0.3) is 5.91 Å². The summed E-state index contributed by atoms with van der Waals surface area (Å²) in [7, 11) is 1.86. The molecule has 0 unspecified atom stereocenters. The molecule has 0 spiro atoms. The summed E-state index contributed by atoms with van der Waals surface area (Å²) in [4.78, 5) is 36.5. The maximum Gasteiger partial charge on any atom is 0.416 e. The number of halogens is 3. The highest BCUT2D eigenvalue weighted by Crippen LogP contribution is 2.33. The molecule has 41 heavy (non-hydrogen) atoms. The van der Waals surface area contributed by atoms with E-state index in [1.54, 1.807) is 24.3 Å². The predicted molar refractivity (Wildman–Crippen MR) is 147 cm³/mol. The number of fused-ring (bicyclic) bond motifs is 1. The van der Waals surface area contributed by atoms with Crippen LogP contribution in [0.25, 0.3) is 22.0 Å². The molecule has 1 aliphatic rings. The Kier molecular flexibility index (Phi) is 7.36. The number of pyridine rings is 1. The number of rotatable bonds is 7. The lowest BCUT2D eigenvalue weighted by atomic mass is 9.98. The molecule has 1 aliphatic heterocycles. The molecule has 0 radical (unpaired) electrons. The zero-order valence-corrected chi connectivity index (χ0v) is 21.8. The molecule has 0 saturated heterocycles. The van der Waals surface area contributed by atoms with Crippen molar-refractivity contribution in [1.82, 2.24) is 15.2 Å². The van der Waals surface area contributed by atoms with Crippen molar-refractivity contribution in [3.05, 3.63) is 95.2 Å². The van der Waals surface area contributed by atoms with Gasteiger partial charge in [-0.05, 0) is 65.6 Å². The van der Waals surface area contributed by atoms with E-state index < -0.39 is 29.7 Å². The van der Waals surface area contributed by atoms with E-state index in [-0.39, 0.29) is 33.5 Å². The Hall–Kier alpha value is -4.93. The molecule has 1 aromatic heterocycles. The molecule has 210 valence electrons. The second-order valence-corrected chi connectivity index (χ2v) is 9.73. The van der Waals surface area contributed by atoms with Crippen molar-refractivity contribution < 1.29 is 33.0 Å². The largest absolute Gasteiger partial charge is 0.508 e. The molecule has 11 heteroatoms. The van der Waals surface area contributed by atoms with Gasteiger partial charge in [0, 0.05) is 19.0 Å². The fraction of sp³-hybridized carbons (Fsp3) is 0.200. The summed E-state index contributed by atoms with van der Waals surface area (Å²) in [5.74, 6) is -1.14. The Balaban J connectivity index is 1.49. The lowest BCUT2D eigenvalue weighted by Gasteiger charge is -2.24. The first-order valence-electron chi connectivity index (χ1n) is 12.7. The van der Waals surface area contributed by atoms with E-state index >= 15 is 0 Å². The average Bonchev–Trinajstić information content (AvgIpc) is 3.38. The minimum atomic E-state index is -4.53. The van der Waals surface area contributed by atoms with E-state index in [4.69, 9.17) is 0 Å². The smallest absolute Gasteiger partial charge is 0.416 e. The van der Waals surface area contributed by atoms with Gasteiger partial charge in [-0.15, -0.1) is 0 Å². The molecule has 4 aromatic rings. The van der Waals surface area contributed by atoms with Crippen LogP contribution in [0.15, 0.2) is 77.8 Å². The minimum Gasteiger partial charge on any atom is -0.508 e. The van der Waals surface area contributed by atoms with Gasteiger partial charge >= 0.3 is 12.1 Å². The van der Waals surface area contributed by atoms with Crippen LogP contribution in [0.5, 0.6) is 5.75 Å². The number of aromatic nitrogens is 1. The van der Waals surface area contributed by atoms with Gasteiger partial charge in [0.1, 0.15) is 17.3 Å². The number of amides is 1. The summed E-state index contributed by atoms with van der Waals surface area (Å²) in [5, 5.41) is 22.7. The quantitative estimate of drug-likeness (QED) is 0.292. The molecule has 0 bridgehead atoms. The zero-order chi connectivity index (χ0) is 29.3. The number of phenols is 1. The van der Waals surface area contributed by atoms with Crippen LogP contribution in [0.2, 0.25) is 0 Å². The van der Waals surface area contributed by atoms with Gasteiger partial charge in [-0.2, -0.15) is 13.2 Å². The topological polar surface area (TPSA) is 115 Å². The molecule has 2 heterocycles. The number of likely N-dealkylation sites (N-methyl/N-ethyl adjacent to an activating group) is 1. The summed E-state index contributed by atoms with van der Waals surface area (Å²) in [6, 6.07) is 16.4. The number of nitrogens with zero attached hydrogens (tertiary/aromatic N) is 3. The highest BCUT2D eigenvalue weighted by atomic mass is 19.4. The van der Waals surface area contributed by atoms with Gasteiger partial charge in [0.05, 0.1) is 29.2 Å². The molecular formula is C30H25F3N4O4. The number of carboxylic acid groups (broad SMARTS) is 1. The number of hydrogen-bond donors (Lipinski definition) is 3. The summed E-state index contributed by atoms with van der Waals surface area (Å²) in [5.41, 5.74) is 0.531. The minimum absolute atomic E-state index is 0.113. The fourth-order valence-electron chi connectivity index (χ4n) is 4.81. The fourth-order valence-corrected chi connectivity index (χ4v) is 4.81. The van der Waals surface area contributed by atoms with Crippen molar-refractivity contribution in [1.29, 1.82) is 0 Å². The van der Waals surface area contributed by atoms with Gasteiger partial charge < -0.3 is 20.4 Å². The SMILES string of the molecule is CN1CCN=C1[C@H](Cc1ccc(O)cc1)NC(=O)c1cc(C(=O)O)c2cc(-c3cccc(C(F)(F)F)c3)ccc2n1. The molecule has 1 amide bonds. The molecule has 8 nitrogen and oxygen atoms in total. The summed E-state index contributed by atoms with van der Waals surface area (Å²) in [6.07, 6.45) is -4.16. The van der Waals surface area contributed by atoms with Crippen LogP contribution in [0.4, 0.5) is 13.2 Å². The van der Waals surface area contributed by atoms with E-state index in [1.165, 1.54) is 30.3 Å². The van der Waals surface area contributed by atoms with E-state index in [2.05, 4.69) is 15.3 Å². The number of alkyl halides is 3. The van der Waals surface area contributed by atoms with Crippen LogP contribution < -0.4 is 5.32 Å². The number of carbonyl (C=O) groups is 2. The monoisotopic (exact) mass is 562 g/mol. The van der Waals surface area contributed by atoms with Gasteiger partial charge in [0.15, 0.2) is 0 Å². The number of aromatic carboxylic acids is 1. The van der Waals surface area contributed by atoms with Crippen LogP contribution >= 0.6 is 0 Å². The lowest BCUT2D eigenvalue weighted by Crippen LogP contribution is -2.47. The van der Waals surface area contributed by atoms with E-state index in [1.807, 2.05) is 11.9 Å². The number of aromatic hydroxyl groups is 1. The van der Waals surface area contributed by atoms with Crippen molar-refractivity contribution in [2.24, 2.45) is 4.99 Å². The normalized spacial score (nSPS) is 14.1. The molecule has 0 aliphatic carbocycles. The second kappa shape index (κ2) is 10.9. The number of carboxylic acids is 1. The van der Waals surface area contributed by atoms with Crippen LogP contribution in [-0.4, -0.2) is 64.0 Å². The molecular weight excluding hydrogens is 537 g/mol. The van der Waals surface area contributed by atoms with E-state index in [0.29, 0.717) is 30.9 Å². The summed E-state index contributed by atoms with van der Waals surface area (Å²) >= 11 is 0. The molecule has 0 fully saturated rings. The molecule has 1 atom stereocenters. The summed E-state index contributed by atoms with van der Waals surface area (Å²) < 4.78 is 39.7. The van der Waals surface area contributed by atoms with Crippen molar-refractivity contribution in [2.75, 3.05) is 20.1 Å². The first kappa shape index (κ1) is 27.6. The number of aliphatic imine (C=N–C) groups is 1. The lowest BCUT2D eigenvalue weighted by molar-refractivity contribution is -0.137. The third-order valence-corrected chi connectivity index (χ3v) is 6.89. The van der Waals surface area contributed by atoms with Gasteiger partial charge in [-0.3, -0.25) is 9.79 Å². The van der Waals surface area contributed by atoms with Crippen LogP contribution in [0.3, 0.4) is 0 Å². The Bertz CT molecular complexity index is 1670. The van der Waals surface area contributed by atoms with Crippen molar-refractivity contribution in [2.45, 2.75) is 18.6 Å². The highest BCUT2D eigenvalue weighted by Gasteiger charge is 2.31. The number of carbonyl (C=O) groups excluding carboxylic acids is 1. The number of nitrogens with one attached hydrogen (secondary N) is 1. The maximum absolute atomic E-state index is 13.4. The van der Waals surface area contributed by atoms with E-state index in [9.17, 15) is 33.0 Å². The van der Waals surface area contributed by atoms with Gasteiger partial charge in [-0.1, -0.05) is 30.3 Å². The van der Waals surface area contributed by atoms with Gasteiger partial charge in [0.2, 0.25) is 0 Å². The Morgan fingerprint density at radius 3 is 2.41 bits per heavy atom. The molecule has 3 N–H and O–H groups in total. The molecule has 5 rings (SSSR count). The average molecular weight is 563 g/mol. The Morgan fingerprint density at radius 1 is 1.02 bits per heavy atom. The number of phenolic OH excluding ortho intramolecular Hbond substituents is 1. The van der Waals surface area contributed by atoms with E-state index in [0.717, 1.165) is 23.8 Å².